The van der Waals surface area contributed by atoms with Crippen LogP contribution in [0.2, 0.25) is 5.02 Å². The number of rotatable bonds is 3. The van der Waals surface area contributed by atoms with E-state index in [1.54, 1.807) is 18.3 Å². The van der Waals surface area contributed by atoms with Gasteiger partial charge in [0.2, 0.25) is 0 Å². The van der Waals surface area contributed by atoms with Gasteiger partial charge in [-0.15, -0.1) is 0 Å². The predicted octanol–water partition coefficient (Wildman–Crippen LogP) is 4.47. The van der Waals surface area contributed by atoms with Gasteiger partial charge >= 0.3 is 0 Å². The van der Waals surface area contributed by atoms with Gasteiger partial charge in [0.05, 0.1) is 23.1 Å². The fourth-order valence-corrected chi connectivity index (χ4v) is 3.28. The van der Waals surface area contributed by atoms with Gasteiger partial charge in [0.15, 0.2) is 5.82 Å². The number of aryl methyl sites for hydroxylation is 1. The number of nitrogens with one attached hydrogen (secondary N) is 1. The van der Waals surface area contributed by atoms with Crippen LogP contribution in [0.3, 0.4) is 0 Å². The number of aromatic nitrogens is 2. The van der Waals surface area contributed by atoms with Gasteiger partial charge in [0.1, 0.15) is 5.69 Å². The summed E-state index contributed by atoms with van der Waals surface area (Å²) in [6.07, 6.45) is 5.27. The second-order valence-electron chi connectivity index (χ2n) is 6.08. The number of amides is 1. The number of nitrogens with zero attached hydrogens (tertiary/aromatic N) is 3. The molecule has 0 fully saturated rings. The monoisotopic (exact) mass is 364 g/mol. The van der Waals surface area contributed by atoms with Gasteiger partial charge in [0, 0.05) is 12.2 Å². The Labute approximate surface area is 156 Å². The van der Waals surface area contributed by atoms with Crippen LogP contribution in [0.15, 0.2) is 60.9 Å². The number of carbonyl (C=O) groups excluding carboxylic acids is 1. The molecule has 0 radical (unpaired) electrons. The van der Waals surface area contributed by atoms with Crippen LogP contribution < -0.4 is 10.2 Å². The van der Waals surface area contributed by atoms with Crippen molar-refractivity contribution in [2.24, 2.45) is 0 Å². The van der Waals surface area contributed by atoms with Crippen molar-refractivity contribution < 1.29 is 4.79 Å². The first-order valence-electron chi connectivity index (χ1n) is 8.46. The minimum absolute atomic E-state index is 0.249. The van der Waals surface area contributed by atoms with E-state index in [9.17, 15) is 4.79 Å². The van der Waals surface area contributed by atoms with Gasteiger partial charge in [-0.2, -0.15) is 0 Å². The average molecular weight is 365 g/mol. The van der Waals surface area contributed by atoms with E-state index < -0.39 is 0 Å². The Balaban J connectivity index is 1.54. The van der Waals surface area contributed by atoms with Crippen LogP contribution in [0.25, 0.3) is 0 Å². The highest BCUT2D eigenvalue weighted by Gasteiger charge is 2.19. The van der Waals surface area contributed by atoms with Gasteiger partial charge in [-0.25, -0.2) is 9.97 Å². The smallest absolute Gasteiger partial charge is 0.275 e. The SMILES string of the molecule is O=C(Nc1ccccc1Cl)c1cnc(N2CCCc3ccccc32)cn1. The van der Waals surface area contributed by atoms with Crippen molar-refractivity contribution in [3.05, 3.63) is 77.2 Å². The third-order valence-electron chi connectivity index (χ3n) is 4.38. The Bertz CT molecular complexity index is 943. The zero-order valence-electron chi connectivity index (χ0n) is 14.0. The van der Waals surface area contributed by atoms with E-state index in [1.165, 1.54) is 11.8 Å². The number of carbonyl (C=O) groups is 1. The van der Waals surface area contributed by atoms with E-state index in [1.807, 2.05) is 18.2 Å². The Hall–Kier alpha value is -2.92. The van der Waals surface area contributed by atoms with E-state index in [0.717, 1.165) is 30.9 Å². The molecule has 0 spiro atoms. The zero-order valence-corrected chi connectivity index (χ0v) is 14.8. The summed E-state index contributed by atoms with van der Waals surface area (Å²) in [5, 5.41) is 3.24. The first-order valence-corrected chi connectivity index (χ1v) is 8.83. The molecule has 1 aliphatic heterocycles. The fourth-order valence-electron chi connectivity index (χ4n) is 3.10. The lowest BCUT2D eigenvalue weighted by atomic mass is 10.0. The predicted molar refractivity (Wildman–Crippen MR) is 103 cm³/mol. The van der Waals surface area contributed by atoms with Gasteiger partial charge in [-0.05, 0) is 36.6 Å². The summed E-state index contributed by atoms with van der Waals surface area (Å²) >= 11 is 6.07. The Morgan fingerprint density at radius 2 is 1.85 bits per heavy atom. The molecule has 130 valence electrons. The van der Waals surface area contributed by atoms with E-state index >= 15 is 0 Å². The van der Waals surface area contributed by atoms with Gasteiger partial charge in [-0.3, -0.25) is 4.79 Å². The van der Waals surface area contributed by atoms with Gasteiger partial charge < -0.3 is 10.2 Å². The van der Waals surface area contributed by atoms with E-state index in [4.69, 9.17) is 11.6 Å². The molecule has 1 aromatic heterocycles. The Morgan fingerprint density at radius 3 is 2.65 bits per heavy atom. The molecule has 2 aromatic carbocycles. The normalized spacial score (nSPS) is 13.2. The largest absolute Gasteiger partial charge is 0.325 e. The molecular formula is C20H17ClN4O. The second kappa shape index (κ2) is 7.14. The lowest BCUT2D eigenvalue weighted by Gasteiger charge is -2.30. The molecule has 0 saturated carbocycles. The Kier molecular flexibility index (Phi) is 4.54. The summed E-state index contributed by atoms with van der Waals surface area (Å²) < 4.78 is 0. The number of benzene rings is 2. The maximum atomic E-state index is 12.4. The van der Waals surface area contributed by atoms with Gasteiger partial charge in [-0.1, -0.05) is 41.9 Å². The number of hydrogen-bond acceptors (Lipinski definition) is 4. The minimum Gasteiger partial charge on any atom is -0.325 e. The van der Waals surface area contributed by atoms with Crippen molar-refractivity contribution in [1.29, 1.82) is 0 Å². The minimum atomic E-state index is -0.337. The molecule has 1 amide bonds. The highest BCUT2D eigenvalue weighted by Crippen LogP contribution is 2.31. The van der Waals surface area contributed by atoms with Crippen LogP contribution in [0.1, 0.15) is 22.5 Å². The van der Waals surface area contributed by atoms with Crippen molar-refractivity contribution in [3.63, 3.8) is 0 Å². The third-order valence-corrected chi connectivity index (χ3v) is 4.71. The van der Waals surface area contributed by atoms with Crippen LogP contribution in [0, 0.1) is 0 Å². The fraction of sp³-hybridized carbons (Fsp3) is 0.150. The Morgan fingerprint density at radius 1 is 1.04 bits per heavy atom. The highest BCUT2D eigenvalue weighted by molar-refractivity contribution is 6.33. The topological polar surface area (TPSA) is 58.1 Å². The van der Waals surface area contributed by atoms with E-state index in [0.29, 0.717) is 10.7 Å². The third kappa shape index (κ3) is 3.26. The molecule has 0 atom stereocenters. The van der Waals surface area contributed by atoms with Crippen molar-refractivity contribution in [3.8, 4) is 0 Å². The summed E-state index contributed by atoms with van der Waals surface area (Å²) in [6, 6.07) is 15.4. The standard InChI is InChI=1S/C20H17ClN4O/c21-15-8-2-3-9-16(15)24-20(26)17-12-23-19(13-22-17)25-11-5-7-14-6-1-4-10-18(14)25/h1-4,6,8-10,12-13H,5,7,11H2,(H,24,26). The van der Waals surface area contributed by atoms with Crippen LogP contribution in [-0.2, 0) is 6.42 Å². The molecule has 5 nitrogen and oxygen atoms in total. The van der Waals surface area contributed by atoms with E-state index in [-0.39, 0.29) is 11.6 Å². The molecule has 3 aromatic rings. The zero-order chi connectivity index (χ0) is 17.9. The lowest BCUT2D eigenvalue weighted by Crippen LogP contribution is -2.25. The molecule has 1 N–H and O–H groups in total. The molecule has 1 aliphatic rings. The van der Waals surface area contributed by atoms with Crippen molar-refractivity contribution in [2.75, 3.05) is 16.8 Å². The molecule has 0 bridgehead atoms. The highest BCUT2D eigenvalue weighted by atomic mass is 35.5. The number of halogens is 1. The molecule has 26 heavy (non-hydrogen) atoms. The van der Waals surface area contributed by atoms with Crippen LogP contribution in [0.5, 0.6) is 0 Å². The first kappa shape index (κ1) is 16.5. The molecule has 2 heterocycles. The van der Waals surface area contributed by atoms with Crippen LogP contribution in [0.4, 0.5) is 17.2 Å². The number of anilines is 3. The molecule has 0 unspecified atom stereocenters. The molecule has 0 aliphatic carbocycles. The number of hydrogen-bond donors (Lipinski definition) is 1. The number of fused-ring (bicyclic) bond motifs is 1. The summed E-state index contributed by atoms with van der Waals surface area (Å²) in [6.45, 7) is 0.886. The van der Waals surface area contributed by atoms with Crippen molar-refractivity contribution >= 4 is 34.7 Å². The summed E-state index contributed by atoms with van der Waals surface area (Å²) in [4.78, 5) is 23.3. The van der Waals surface area contributed by atoms with Crippen LogP contribution in [-0.4, -0.2) is 22.4 Å². The second-order valence-corrected chi connectivity index (χ2v) is 6.48. The summed E-state index contributed by atoms with van der Waals surface area (Å²) in [5.74, 6) is 0.405. The molecule has 0 saturated heterocycles. The van der Waals surface area contributed by atoms with E-state index in [2.05, 4.69) is 38.4 Å². The summed E-state index contributed by atoms with van der Waals surface area (Å²) in [7, 11) is 0. The molecule has 4 rings (SSSR count). The average Bonchev–Trinajstić information content (AvgIpc) is 2.69. The maximum Gasteiger partial charge on any atom is 0.275 e. The van der Waals surface area contributed by atoms with Crippen molar-refractivity contribution in [2.45, 2.75) is 12.8 Å². The first-order chi connectivity index (χ1) is 12.7. The molecular weight excluding hydrogens is 348 g/mol. The van der Waals surface area contributed by atoms with Gasteiger partial charge in [0.25, 0.3) is 5.91 Å². The maximum absolute atomic E-state index is 12.4. The van der Waals surface area contributed by atoms with Crippen molar-refractivity contribution in [1.82, 2.24) is 9.97 Å². The van der Waals surface area contributed by atoms with Crippen LogP contribution >= 0.6 is 11.6 Å². The molecule has 6 heteroatoms. The quantitative estimate of drug-likeness (QED) is 0.745. The lowest BCUT2D eigenvalue weighted by molar-refractivity contribution is 0.102. The summed E-state index contributed by atoms with van der Waals surface area (Å²) in [5.41, 5.74) is 3.26. The number of para-hydroxylation sites is 2.